The Morgan fingerprint density at radius 1 is 1.40 bits per heavy atom. The highest BCUT2D eigenvalue weighted by Gasteiger charge is 2.19. The second-order valence-corrected chi connectivity index (χ2v) is 4.88. The SMILES string of the molecule is O=[N+]([O-])c1cnc2c(c1)CN(CCn1ccnc1)CC2. The van der Waals surface area contributed by atoms with E-state index >= 15 is 0 Å². The molecule has 3 heterocycles. The van der Waals surface area contributed by atoms with Crippen molar-refractivity contribution in [1.82, 2.24) is 19.4 Å². The molecule has 0 aromatic carbocycles. The molecule has 0 amide bonds. The van der Waals surface area contributed by atoms with Gasteiger partial charge in [-0.15, -0.1) is 0 Å². The van der Waals surface area contributed by atoms with Gasteiger partial charge in [0.15, 0.2) is 0 Å². The molecule has 1 aliphatic heterocycles. The first-order chi connectivity index (χ1) is 9.72. The lowest BCUT2D eigenvalue weighted by Crippen LogP contribution is -2.33. The molecule has 2 aromatic rings. The van der Waals surface area contributed by atoms with Crippen LogP contribution in [0, 0.1) is 10.1 Å². The van der Waals surface area contributed by atoms with Crippen molar-refractivity contribution in [3.05, 3.63) is 52.4 Å². The first-order valence-corrected chi connectivity index (χ1v) is 6.52. The maximum absolute atomic E-state index is 10.8. The summed E-state index contributed by atoms with van der Waals surface area (Å²) in [4.78, 5) is 20.9. The fraction of sp³-hybridized carbons (Fsp3) is 0.385. The molecule has 0 radical (unpaired) electrons. The summed E-state index contributed by atoms with van der Waals surface area (Å²) in [5.41, 5.74) is 2.02. The first-order valence-electron chi connectivity index (χ1n) is 6.52. The van der Waals surface area contributed by atoms with Gasteiger partial charge in [-0.3, -0.25) is 20.0 Å². The molecule has 0 saturated carbocycles. The topological polar surface area (TPSA) is 77.1 Å². The Hall–Kier alpha value is -2.28. The smallest absolute Gasteiger partial charge is 0.287 e. The van der Waals surface area contributed by atoms with E-state index in [1.807, 2.05) is 10.8 Å². The lowest BCUT2D eigenvalue weighted by molar-refractivity contribution is -0.385. The summed E-state index contributed by atoms with van der Waals surface area (Å²) >= 11 is 0. The normalized spacial score (nSPS) is 15.0. The van der Waals surface area contributed by atoms with Gasteiger partial charge in [0.25, 0.3) is 5.69 Å². The van der Waals surface area contributed by atoms with Crippen LogP contribution >= 0.6 is 0 Å². The standard InChI is InChI=1S/C13H15N5O2/c19-18(20)12-7-11-9-16(3-1-13(11)15-8-12)5-6-17-4-2-14-10-17/h2,4,7-8,10H,1,3,5-6,9H2. The van der Waals surface area contributed by atoms with Crippen molar-refractivity contribution in [2.75, 3.05) is 13.1 Å². The number of fused-ring (bicyclic) bond motifs is 1. The Bertz CT molecular complexity index is 611. The van der Waals surface area contributed by atoms with Gasteiger partial charge in [0.2, 0.25) is 0 Å². The van der Waals surface area contributed by atoms with Crippen LogP contribution in [-0.4, -0.2) is 37.4 Å². The van der Waals surface area contributed by atoms with E-state index in [2.05, 4.69) is 14.9 Å². The number of imidazole rings is 1. The van der Waals surface area contributed by atoms with Gasteiger partial charge < -0.3 is 4.57 Å². The minimum Gasteiger partial charge on any atom is -0.336 e. The van der Waals surface area contributed by atoms with Crippen molar-refractivity contribution in [1.29, 1.82) is 0 Å². The largest absolute Gasteiger partial charge is 0.336 e. The molecule has 2 aromatic heterocycles. The summed E-state index contributed by atoms with van der Waals surface area (Å²) in [6.07, 6.45) is 7.69. The van der Waals surface area contributed by atoms with E-state index in [0.29, 0.717) is 0 Å². The number of rotatable bonds is 4. The van der Waals surface area contributed by atoms with Crippen molar-refractivity contribution in [3.63, 3.8) is 0 Å². The molecule has 0 bridgehead atoms. The highest BCUT2D eigenvalue weighted by molar-refractivity contribution is 5.35. The van der Waals surface area contributed by atoms with Crippen LogP contribution in [-0.2, 0) is 19.5 Å². The van der Waals surface area contributed by atoms with E-state index in [9.17, 15) is 10.1 Å². The van der Waals surface area contributed by atoms with Crippen molar-refractivity contribution in [2.24, 2.45) is 0 Å². The summed E-state index contributed by atoms with van der Waals surface area (Å²) in [6, 6.07) is 1.64. The van der Waals surface area contributed by atoms with Gasteiger partial charge >= 0.3 is 0 Å². The second-order valence-electron chi connectivity index (χ2n) is 4.88. The van der Waals surface area contributed by atoms with Crippen LogP contribution in [0.2, 0.25) is 0 Å². The van der Waals surface area contributed by atoms with Crippen molar-refractivity contribution in [2.45, 2.75) is 19.5 Å². The Morgan fingerprint density at radius 2 is 2.30 bits per heavy atom. The lowest BCUT2D eigenvalue weighted by atomic mass is 10.1. The summed E-state index contributed by atoms with van der Waals surface area (Å²) in [7, 11) is 0. The molecule has 0 spiro atoms. The molecule has 0 atom stereocenters. The molecule has 20 heavy (non-hydrogen) atoms. The Kier molecular flexibility index (Phi) is 3.42. The molecule has 7 nitrogen and oxygen atoms in total. The van der Waals surface area contributed by atoms with E-state index in [1.165, 1.54) is 6.20 Å². The van der Waals surface area contributed by atoms with Crippen LogP contribution in [0.3, 0.4) is 0 Å². The fourth-order valence-corrected chi connectivity index (χ4v) is 2.44. The molecule has 1 aliphatic rings. The van der Waals surface area contributed by atoms with Crippen LogP contribution in [0.1, 0.15) is 11.3 Å². The van der Waals surface area contributed by atoms with Crippen LogP contribution in [0.25, 0.3) is 0 Å². The number of nitrogens with zero attached hydrogens (tertiary/aromatic N) is 5. The second kappa shape index (κ2) is 5.38. The Morgan fingerprint density at radius 3 is 3.05 bits per heavy atom. The first kappa shape index (κ1) is 12.7. The maximum Gasteiger partial charge on any atom is 0.287 e. The summed E-state index contributed by atoms with van der Waals surface area (Å²) in [5, 5.41) is 10.8. The van der Waals surface area contributed by atoms with E-state index in [-0.39, 0.29) is 5.69 Å². The third kappa shape index (κ3) is 2.67. The monoisotopic (exact) mass is 273 g/mol. The molecule has 0 saturated heterocycles. The average Bonchev–Trinajstić information content (AvgIpc) is 2.97. The molecular weight excluding hydrogens is 258 g/mol. The molecule has 0 fully saturated rings. The Labute approximate surface area is 116 Å². The lowest BCUT2D eigenvalue weighted by Gasteiger charge is -2.27. The van der Waals surface area contributed by atoms with Gasteiger partial charge in [-0.2, -0.15) is 0 Å². The van der Waals surface area contributed by atoms with E-state index in [1.54, 1.807) is 18.6 Å². The van der Waals surface area contributed by atoms with E-state index < -0.39 is 4.92 Å². The molecule has 7 heteroatoms. The third-order valence-corrected chi connectivity index (χ3v) is 3.55. The van der Waals surface area contributed by atoms with E-state index in [0.717, 1.165) is 43.9 Å². The maximum atomic E-state index is 10.8. The quantitative estimate of drug-likeness (QED) is 0.619. The molecule has 3 rings (SSSR count). The number of aromatic nitrogens is 3. The fourth-order valence-electron chi connectivity index (χ4n) is 2.44. The van der Waals surface area contributed by atoms with Gasteiger partial charge in [0.05, 0.1) is 11.3 Å². The summed E-state index contributed by atoms with van der Waals surface area (Å²) < 4.78 is 2.03. The number of hydrogen-bond acceptors (Lipinski definition) is 5. The highest BCUT2D eigenvalue weighted by atomic mass is 16.6. The van der Waals surface area contributed by atoms with Crippen molar-refractivity contribution < 1.29 is 4.92 Å². The minimum atomic E-state index is -0.391. The third-order valence-electron chi connectivity index (χ3n) is 3.55. The number of nitro groups is 1. The highest BCUT2D eigenvalue weighted by Crippen LogP contribution is 2.21. The zero-order valence-electron chi connectivity index (χ0n) is 11.0. The predicted octanol–water partition coefficient (Wildman–Crippen LogP) is 1.24. The van der Waals surface area contributed by atoms with Gasteiger partial charge in [0.1, 0.15) is 6.20 Å². The summed E-state index contributed by atoms with van der Waals surface area (Å²) in [6.45, 7) is 3.43. The molecular formula is C13H15N5O2. The number of pyridine rings is 1. The van der Waals surface area contributed by atoms with Crippen LogP contribution in [0.4, 0.5) is 5.69 Å². The van der Waals surface area contributed by atoms with Crippen LogP contribution < -0.4 is 0 Å². The van der Waals surface area contributed by atoms with Crippen molar-refractivity contribution in [3.8, 4) is 0 Å². The minimum absolute atomic E-state index is 0.0696. The van der Waals surface area contributed by atoms with Gasteiger partial charge in [-0.1, -0.05) is 0 Å². The van der Waals surface area contributed by atoms with Gasteiger partial charge in [-0.25, -0.2) is 4.98 Å². The zero-order valence-corrected chi connectivity index (χ0v) is 11.0. The van der Waals surface area contributed by atoms with E-state index in [4.69, 9.17) is 0 Å². The average molecular weight is 273 g/mol. The molecule has 0 aliphatic carbocycles. The van der Waals surface area contributed by atoms with Crippen molar-refractivity contribution >= 4 is 5.69 Å². The number of hydrogen-bond donors (Lipinski definition) is 0. The zero-order chi connectivity index (χ0) is 13.9. The van der Waals surface area contributed by atoms with Gasteiger partial charge in [0, 0.05) is 56.8 Å². The molecule has 104 valence electrons. The van der Waals surface area contributed by atoms with Crippen LogP contribution in [0.15, 0.2) is 31.0 Å². The predicted molar refractivity (Wildman–Crippen MR) is 72.1 cm³/mol. The Balaban J connectivity index is 1.67. The molecule has 0 unspecified atom stereocenters. The van der Waals surface area contributed by atoms with Crippen LogP contribution in [0.5, 0.6) is 0 Å². The summed E-state index contributed by atoms with van der Waals surface area (Å²) in [5.74, 6) is 0. The molecule has 0 N–H and O–H groups in total. The van der Waals surface area contributed by atoms with Gasteiger partial charge in [-0.05, 0) is 5.56 Å².